The Hall–Kier alpha value is -1.11. The molecule has 1 fully saturated rings. The van der Waals surface area contributed by atoms with Crippen LogP contribution in [-0.4, -0.2) is 37.5 Å². The van der Waals surface area contributed by atoms with Crippen LogP contribution in [-0.2, 0) is 21.4 Å². The van der Waals surface area contributed by atoms with E-state index < -0.39 is 10.0 Å². The number of benzene rings is 1. The van der Waals surface area contributed by atoms with Crippen LogP contribution < -0.4 is 5.32 Å². The fourth-order valence-electron chi connectivity index (χ4n) is 2.21. The van der Waals surface area contributed by atoms with Crippen molar-refractivity contribution in [3.8, 4) is 0 Å². The van der Waals surface area contributed by atoms with E-state index in [4.69, 9.17) is 11.6 Å². The molecule has 1 aliphatic heterocycles. The Bertz CT molecular complexity index is 587. The van der Waals surface area contributed by atoms with Crippen molar-refractivity contribution in [1.82, 2.24) is 9.62 Å². The summed E-state index contributed by atoms with van der Waals surface area (Å²) in [5.41, 5.74) is 0.957. The van der Waals surface area contributed by atoms with Gasteiger partial charge in [0, 0.05) is 31.1 Å². The highest BCUT2D eigenvalue weighted by Gasteiger charge is 2.25. The third-order valence-electron chi connectivity index (χ3n) is 3.44. The van der Waals surface area contributed by atoms with Gasteiger partial charge in [-0.3, -0.25) is 4.79 Å². The van der Waals surface area contributed by atoms with Crippen molar-refractivity contribution in [2.45, 2.75) is 25.8 Å². The fourth-order valence-corrected chi connectivity index (χ4v) is 3.94. The summed E-state index contributed by atoms with van der Waals surface area (Å²) in [6.45, 7) is 1.20. The van der Waals surface area contributed by atoms with E-state index in [2.05, 4.69) is 5.32 Å². The summed E-state index contributed by atoms with van der Waals surface area (Å²) in [5, 5.41) is 3.43. The number of rotatable bonds is 5. The van der Waals surface area contributed by atoms with Crippen LogP contribution in [0.4, 0.5) is 0 Å². The van der Waals surface area contributed by atoms with Gasteiger partial charge in [0.2, 0.25) is 15.9 Å². The quantitative estimate of drug-likeness (QED) is 0.894. The van der Waals surface area contributed by atoms with E-state index in [1.54, 1.807) is 12.1 Å². The molecule has 0 unspecified atom stereocenters. The first-order chi connectivity index (χ1) is 9.97. The lowest BCUT2D eigenvalue weighted by molar-refractivity contribution is -0.121. The predicted molar refractivity (Wildman–Crippen MR) is 82.5 cm³/mol. The fraction of sp³-hybridized carbons (Fsp3) is 0.500. The molecule has 0 radical (unpaired) electrons. The van der Waals surface area contributed by atoms with E-state index in [1.807, 2.05) is 12.1 Å². The van der Waals surface area contributed by atoms with Crippen LogP contribution in [0.3, 0.4) is 0 Å². The molecule has 2 rings (SSSR count). The van der Waals surface area contributed by atoms with Gasteiger partial charge in [-0.2, -0.15) is 0 Å². The lowest BCUT2D eigenvalue weighted by Gasteiger charge is -2.25. The summed E-state index contributed by atoms with van der Waals surface area (Å²) in [6, 6.07) is 7.22. The van der Waals surface area contributed by atoms with Gasteiger partial charge in [0.15, 0.2) is 0 Å². The van der Waals surface area contributed by atoms with Crippen LogP contribution in [0.1, 0.15) is 24.8 Å². The highest BCUT2D eigenvalue weighted by atomic mass is 35.5. The highest BCUT2D eigenvalue weighted by Crippen LogP contribution is 2.13. The molecule has 0 atom stereocenters. The first kappa shape index (κ1) is 16.3. The average Bonchev–Trinajstić information content (AvgIpc) is 2.45. The maximum atomic E-state index is 11.8. The number of nitrogens with zero attached hydrogens (tertiary/aromatic N) is 1. The van der Waals surface area contributed by atoms with Gasteiger partial charge in [-0.05, 0) is 30.5 Å². The van der Waals surface area contributed by atoms with Crippen LogP contribution in [0.25, 0.3) is 0 Å². The van der Waals surface area contributed by atoms with E-state index in [0.29, 0.717) is 24.5 Å². The Balaban J connectivity index is 1.76. The topological polar surface area (TPSA) is 66.5 Å². The molecule has 5 nitrogen and oxygen atoms in total. The first-order valence-corrected chi connectivity index (χ1v) is 8.95. The number of hydrogen-bond donors (Lipinski definition) is 1. The zero-order valence-corrected chi connectivity index (χ0v) is 13.3. The maximum Gasteiger partial charge on any atom is 0.221 e. The second-order valence-corrected chi connectivity index (χ2v) is 7.60. The number of hydrogen-bond acceptors (Lipinski definition) is 3. The van der Waals surface area contributed by atoms with Crippen molar-refractivity contribution in [1.29, 1.82) is 0 Å². The predicted octanol–water partition coefficient (Wildman–Crippen LogP) is 1.77. The molecular weight excluding hydrogens is 312 g/mol. The van der Waals surface area contributed by atoms with Crippen molar-refractivity contribution < 1.29 is 13.2 Å². The first-order valence-electron chi connectivity index (χ1n) is 6.96. The Morgan fingerprint density at radius 2 is 1.95 bits per heavy atom. The molecule has 21 heavy (non-hydrogen) atoms. The molecule has 0 spiro atoms. The third-order valence-corrected chi connectivity index (χ3v) is 5.65. The smallest absolute Gasteiger partial charge is 0.221 e. The van der Waals surface area contributed by atoms with Crippen LogP contribution in [0.2, 0.25) is 5.02 Å². The molecule has 1 saturated heterocycles. The van der Waals surface area contributed by atoms with Crippen LogP contribution in [0.5, 0.6) is 0 Å². The van der Waals surface area contributed by atoms with Crippen molar-refractivity contribution in [3.05, 3.63) is 34.9 Å². The number of halogens is 1. The second kappa shape index (κ2) is 7.24. The summed E-state index contributed by atoms with van der Waals surface area (Å²) in [4.78, 5) is 11.8. The minimum atomic E-state index is -3.15. The summed E-state index contributed by atoms with van der Waals surface area (Å²) in [6.07, 6.45) is 1.76. The minimum Gasteiger partial charge on any atom is -0.352 e. The summed E-state index contributed by atoms with van der Waals surface area (Å²) in [7, 11) is -3.15. The number of carbonyl (C=O) groups is 1. The molecule has 1 amide bonds. The normalized spacial score (nSPS) is 18.3. The SMILES string of the molecule is O=C(CCN1CCCCS1(=O)=O)NCc1ccc(Cl)cc1. The molecular formula is C14H19ClN2O3S. The Morgan fingerprint density at radius 1 is 1.24 bits per heavy atom. The van der Waals surface area contributed by atoms with Gasteiger partial charge in [-0.25, -0.2) is 12.7 Å². The van der Waals surface area contributed by atoms with Gasteiger partial charge in [0.05, 0.1) is 5.75 Å². The van der Waals surface area contributed by atoms with E-state index in [0.717, 1.165) is 12.0 Å². The molecule has 0 bridgehead atoms. The molecule has 116 valence electrons. The van der Waals surface area contributed by atoms with Crippen molar-refractivity contribution in [3.63, 3.8) is 0 Å². The van der Waals surface area contributed by atoms with Crippen molar-refractivity contribution >= 4 is 27.5 Å². The lowest BCUT2D eigenvalue weighted by Crippen LogP contribution is -2.40. The maximum absolute atomic E-state index is 11.8. The number of carbonyl (C=O) groups excluding carboxylic acids is 1. The van der Waals surface area contributed by atoms with E-state index in [1.165, 1.54) is 4.31 Å². The largest absolute Gasteiger partial charge is 0.352 e. The molecule has 7 heteroatoms. The monoisotopic (exact) mass is 330 g/mol. The molecule has 1 heterocycles. The van der Waals surface area contributed by atoms with E-state index >= 15 is 0 Å². The molecule has 0 aliphatic carbocycles. The zero-order valence-electron chi connectivity index (χ0n) is 11.7. The molecule has 1 aliphatic rings. The van der Waals surface area contributed by atoms with Gasteiger partial charge in [0.1, 0.15) is 0 Å². The molecule has 1 aromatic carbocycles. The van der Waals surface area contributed by atoms with Crippen LogP contribution >= 0.6 is 11.6 Å². The van der Waals surface area contributed by atoms with Gasteiger partial charge in [-0.15, -0.1) is 0 Å². The Labute approximate surface area is 130 Å². The van der Waals surface area contributed by atoms with Crippen LogP contribution in [0, 0.1) is 0 Å². The second-order valence-electron chi connectivity index (χ2n) is 5.08. The number of amides is 1. The van der Waals surface area contributed by atoms with E-state index in [-0.39, 0.29) is 24.6 Å². The van der Waals surface area contributed by atoms with Crippen LogP contribution in [0.15, 0.2) is 24.3 Å². The summed E-state index contributed by atoms with van der Waals surface area (Å²) in [5.74, 6) is 0.0464. The Kier molecular flexibility index (Phi) is 5.61. The number of nitrogens with one attached hydrogen (secondary N) is 1. The summed E-state index contributed by atoms with van der Waals surface area (Å²) < 4.78 is 25.0. The van der Waals surface area contributed by atoms with Crippen molar-refractivity contribution in [2.75, 3.05) is 18.8 Å². The summed E-state index contributed by atoms with van der Waals surface area (Å²) >= 11 is 5.79. The Morgan fingerprint density at radius 3 is 2.62 bits per heavy atom. The van der Waals surface area contributed by atoms with Gasteiger partial charge < -0.3 is 5.32 Å². The minimum absolute atomic E-state index is 0.147. The van der Waals surface area contributed by atoms with E-state index in [9.17, 15) is 13.2 Å². The molecule has 1 aromatic rings. The van der Waals surface area contributed by atoms with Gasteiger partial charge >= 0.3 is 0 Å². The van der Waals surface area contributed by atoms with Gasteiger partial charge in [-0.1, -0.05) is 23.7 Å². The highest BCUT2D eigenvalue weighted by molar-refractivity contribution is 7.89. The lowest BCUT2D eigenvalue weighted by atomic mass is 10.2. The molecule has 0 saturated carbocycles. The molecule has 1 N–H and O–H groups in total. The zero-order chi connectivity index (χ0) is 15.3. The molecule has 0 aromatic heterocycles. The third kappa shape index (κ3) is 4.98. The standard InChI is InChI=1S/C14H19ClN2O3S/c15-13-5-3-12(4-6-13)11-16-14(18)7-9-17-8-1-2-10-21(17,19)20/h3-6H,1-2,7-11H2,(H,16,18). The van der Waals surface area contributed by atoms with Crippen molar-refractivity contribution in [2.24, 2.45) is 0 Å². The number of sulfonamides is 1. The van der Waals surface area contributed by atoms with Gasteiger partial charge in [0.25, 0.3) is 0 Å². The average molecular weight is 331 g/mol.